The van der Waals surface area contributed by atoms with Gasteiger partial charge in [0, 0.05) is 5.54 Å². The molecule has 1 saturated carbocycles. The van der Waals surface area contributed by atoms with Crippen LogP contribution in [0.1, 0.15) is 45.4 Å². The van der Waals surface area contributed by atoms with Gasteiger partial charge in [-0.05, 0) is 32.6 Å². The Balaban J connectivity index is 1.95. The van der Waals surface area contributed by atoms with E-state index in [1.165, 1.54) is 12.8 Å². The number of nitriles is 1. The molecule has 2 unspecified atom stereocenters. The molecule has 1 aliphatic heterocycles. The van der Waals surface area contributed by atoms with Crippen molar-refractivity contribution in [2.75, 3.05) is 6.54 Å². The summed E-state index contributed by atoms with van der Waals surface area (Å²) >= 11 is 0. The largest absolute Gasteiger partial charge is 0.312 e. The van der Waals surface area contributed by atoms with Gasteiger partial charge < -0.3 is 10.2 Å². The minimum atomic E-state index is -0.355. The lowest BCUT2D eigenvalue weighted by Crippen LogP contribution is -2.49. The summed E-state index contributed by atoms with van der Waals surface area (Å²) in [6.07, 6.45) is 11.5. The summed E-state index contributed by atoms with van der Waals surface area (Å²) in [6, 6.07) is 1.61. The van der Waals surface area contributed by atoms with Crippen LogP contribution < -0.4 is 5.32 Å². The van der Waals surface area contributed by atoms with E-state index in [2.05, 4.69) is 24.2 Å². The molecule has 1 saturated heterocycles. The van der Waals surface area contributed by atoms with Gasteiger partial charge in [-0.15, -0.1) is 6.42 Å². The maximum absolute atomic E-state index is 12.3. The van der Waals surface area contributed by atoms with Gasteiger partial charge >= 0.3 is 0 Å². The van der Waals surface area contributed by atoms with Crippen LogP contribution in [0.25, 0.3) is 0 Å². The van der Waals surface area contributed by atoms with Gasteiger partial charge in [0.25, 0.3) is 0 Å². The summed E-state index contributed by atoms with van der Waals surface area (Å²) < 4.78 is 0. The molecule has 19 heavy (non-hydrogen) atoms. The average Bonchev–Trinajstić information content (AvgIpc) is 3.02. The van der Waals surface area contributed by atoms with Crippen molar-refractivity contribution in [2.24, 2.45) is 0 Å². The number of hydrogen-bond donors (Lipinski definition) is 1. The molecule has 0 aromatic heterocycles. The van der Waals surface area contributed by atoms with Crippen LogP contribution in [0.2, 0.25) is 0 Å². The molecular weight excluding hydrogens is 238 g/mol. The van der Waals surface area contributed by atoms with Crippen molar-refractivity contribution < 1.29 is 4.79 Å². The van der Waals surface area contributed by atoms with Crippen molar-refractivity contribution in [1.82, 2.24) is 10.2 Å². The first-order valence-corrected chi connectivity index (χ1v) is 7.01. The Hall–Kier alpha value is -1.52. The van der Waals surface area contributed by atoms with Crippen molar-refractivity contribution >= 4 is 5.91 Å². The third-order valence-corrected chi connectivity index (χ3v) is 4.39. The zero-order valence-corrected chi connectivity index (χ0v) is 11.5. The van der Waals surface area contributed by atoms with Gasteiger partial charge in [-0.1, -0.05) is 18.8 Å². The Bertz CT molecular complexity index is 404. The molecule has 1 aliphatic carbocycles. The molecular formula is C15H21N3O. The summed E-state index contributed by atoms with van der Waals surface area (Å²) in [4.78, 5) is 13.9. The molecule has 1 heterocycles. The number of carbonyl (C=O) groups excluding carboxylic acids is 1. The van der Waals surface area contributed by atoms with Crippen molar-refractivity contribution in [2.45, 2.75) is 63.1 Å². The summed E-state index contributed by atoms with van der Waals surface area (Å²) in [6.45, 7) is 2.45. The quantitative estimate of drug-likeness (QED) is 0.780. The minimum absolute atomic E-state index is 0.0416. The molecule has 2 atom stereocenters. The predicted octanol–water partition coefficient (Wildman–Crippen LogP) is 1.43. The number of rotatable bonds is 3. The molecule has 1 amide bonds. The molecule has 2 rings (SSSR count). The van der Waals surface area contributed by atoms with Gasteiger partial charge in [-0.2, -0.15) is 5.26 Å². The van der Waals surface area contributed by atoms with E-state index in [0.717, 1.165) is 19.3 Å². The van der Waals surface area contributed by atoms with Gasteiger partial charge in [0.05, 0.1) is 18.7 Å². The third kappa shape index (κ3) is 2.91. The summed E-state index contributed by atoms with van der Waals surface area (Å²) in [5, 5.41) is 12.5. The van der Waals surface area contributed by atoms with E-state index >= 15 is 0 Å². The van der Waals surface area contributed by atoms with E-state index in [-0.39, 0.29) is 30.1 Å². The maximum atomic E-state index is 12.3. The Kier molecular flexibility index (Phi) is 4.12. The van der Waals surface area contributed by atoms with Crippen LogP contribution in [0, 0.1) is 23.7 Å². The zero-order valence-electron chi connectivity index (χ0n) is 11.5. The standard InChI is InChI=1S/C15H21N3O/c1-3-12-6-7-13(10-16)18(12)14(19)11-17-15(2)8-4-5-9-15/h1,12-13,17H,4-9,11H2,2H3. The molecule has 102 valence electrons. The fraction of sp³-hybridized carbons (Fsp3) is 0.733. The fourth-order valence-corrected chi connectivity index (χ4v) is 3.16. The molecule has 0 aromatic carbocycles. The molecule has 4 heteroatoms. The second-order valence-corrected chi connectivity index (χ2v) is 5.83. The predicted molar refractivity (Wildman–Crippen MR) is 73.0 cm³/mol. The normalized spacial score (nSPS) is 28.9. The summed E-state index contributed by atoms with van der Waals surface area (Å²) in [5.41, 5.74) is 0.0726. The van der Waals surface area contributed by atoms with Gasteiger partial charge in [-0.3, -0.25) is 4.79 Å². The Morgan fingerprint density at radius 2 is 2.05 bits per heavy atom. The first kappa shape index (κ1) is 13.9. The zero-order chi connectivity index (χ0) is 13.9. The summed E-state index contributed by atoms with van der Waals surface area (Å²) in [5.74, 6) is 2.58. The van der Waals surface area contributed by atoms with E-state index < -0.39 is 0 Å². The molecule has 0 spiro atoms. The third-order valence-electron chi connectivity index (χ3n) is 4.39. The van der Waals surface area contributed by atoms with E-state index in [4.69, 9.17) is 11.7 Å². The number of hydrogen-bond acceptors (Lipinski definition) is 3. The topological polar surface area (TPSA) is 56.1 Å². The molecule has 0 radical (unpaired) electrons. The molecule has 2 aliphatic rings. The molecule has 0 aromatic rings. The van der Waals surface area contributed by atoms with Crippen LogP contribution >= 0.6 is 0 Å². The highest BCUT2D eigenvalue weighted by molar-refractivity contribution is 5.80. The van der Waals surface area contributed by atoms with Crippen LogP contribution in [-0.2, 0) is 4.79 Å². The van der Waals surface area contributed by atoms with Gasteiger partial charge in [0.1, 0.15) is 6.04 Å². The maximum Gasteiger partial charge on any atom is 0.238 e. The van der Waals surface area contributed by atoms with Crippen molar-refractivity contribution in [3.05, 3.63) is 0 Å². The van der Waals surface area contributed by atoms with Crippen LogP contribution in [0.3, 0.4) is 0 Å². The fourth-order valence-electron chi connectivity index (χ4n) is 3.16. The summed E-state index contributed by atoms with van der Waals surface area (Å²) in [7, 11) is 0. The number of carbonyl (C=O) groups is 1. The van der Waals surface area contributed by atoms with Crippen LogP contribution in [0.4, 0.5) is 0 Å². The molecule has 2 fully saturated rings. The monoisotopic (exact) mass is 259 g/mol. The van der Waals surface area contributed by atoms with E-state index in [1.54, 1.807) is 4.90 Å². The lowest BCUT2D eigenvalue weighted by Gasteiger charge is -2.29. The Morgan fingerprint density at radius 3 is 2.63 bits per heavy atom. The highest BCUT2D eigenvalue weighted by Gasteiger charge is 2.37. The lowest BCUT2D eigenvalue weighted by molar-refractivity contribution is -0.131. The molecule has 4 nitrogen and oxygen atoms in total. The van der Waals surface area contributed by atoms with E-state index in [9.17, 15) is 4.79 Å². The van der Waals surface area contributed by atoms with Gasteiger partial charge in [-0.25, -0.2) is 0 Å². The van der Waals surface area contributed by atoms with Crippen LogP contribution in [-0.4, -0.2) is 35.0 Å². The highest BCUT2D eigenvalue weighted by atomic mass is 16.2. The number of amides is 1. The van der Waals surface area contributed by atoms with Gasteiger partial charge in [0.2, 0.25) is 5.91 Å². The molecule has 1 N–H and O–H groups in total. The first-order chi connectivity index (χ1) is 9.09. The Morgan fingerprint density at radius 1 is 1.42 bits per heavy atom. The van der Waals surface area contributed by atoms with Crippen molar-refractivity contribution in [3.8, 4) is 18.4 Å². The Labute approximate surface area is 115 Å². The first-order valence-electron chi connectivity index (χ1n) is 7.01. The average molecular weight is 259 g/mol. The van der Waals surface area contributed by atoms with Crippen LogP contribution in [0.5, 0.6) is 0 Å². The highest BCUT2D eigenvalue weighted by Crippen LogP contribution is 2.29. The smallest absolute Gasteiger partial charge is 0.238 e. The van der Waals surface area contributed by atoms with E-state index in [0.29, 0.717) is 6.42 Å². The number of nitrogens with one attached hydrogen (secondary N) is 1. The number of terminal acetylenes is 1. The molecule has 0 bridgehead atoms. The van der Waals surface area contributed by atoms with Crippen molar-refractivity contribution in [1.29, 1.82) is 5.26 Å². The van der Waals surface area contributed by atoms with Crippen LogP contribution in [0.15, 0.2) is 0 Å². The SMILES string of the molecule is C#CC1CCC(C#N)N1C(=O)CNC1(C)CCCC1. The minimum Gasteiger partial charge on any atom is -0.312 e. The van der Waals surface area contributed by atoms with Gasteiger partial charge in [0.15, 0.2) is 0 Å². The van der Waals surface area contributed by atoms with Crippen molar-refractivity contribution in [3.63, 3.8) is 0 Å². The van der Waals surface area contributed by atoms with E-state index in [1.807, 2.05) is 0 Å². The second-order valence-electron chi connectivity index (χ2n) is 5.83. The second kappa shape index (κ2) is 5.63. The number of nitrogens with zero attached hydrogens (tertiary/aromatic N) is 2. The lowest BCUT2D eigenvalue weighted by atomic mass is 10.0. The number of likely N-dealkylation sites (tertiary alicyclic amines) is 1.